The van der Waals surface area contributed by atoms with Crippen molar-refractivity contribution in [3.63, 3.8) is 0 Å². The fourth-order valence-corrected chi connectivity index (χ4v) is 4.22. The van der Waals surface area contributed by atoms with Crippen molar-refractivity contribution in [3.8, 4) is 0 Å². The second-order valence-electron chi connectivity index (χ2n) is 8.09. The van der Waals surface area contributed by atoms with E-state index < -0.39 is 11.7 Å². The Labute approximate surface area is 166 Å². The fourth-order valence-electron chi connectivity index (χ4n) is 4.22. The van der Waals surface area contributed by atoms with E-state index >= 15 is 0 Å². The van der Waals surface area contributed by atoms with E-state index in [0.29, 0.717) is 12.2 Å². The second-order valence-corrected chi connectivity index (χ2v) is 8.09. The first kappa shape index (κ1) is 18.7. The van der Waals surface area contributed by atoms with Gasteiger partial charge in [-0.2, -0.15) is 0 Å². The minimum absolute atomic E-state index is 0.391. The summed E-state index contributed by atoms with van der Waals surface area (Å²) in [4.78, 5) is 30.0. The molecule has 0 aliphatic carbocycles. The first-order chi connectivity index (χ1) is 13.5. The van der Waals surface area contributed by atoms with Gasteiger partial charge in [0.25, 0.3) is 5.78 Å². The van der Waals surface area contributed by atoms with Crippen molar-refractivity contribution in [3.05, 3.63) is 59.2 Å². The van der Waals surface area contributed by atoms with Crippen LogP contribution in [-0.4, -0.2) is 38.5 Å². The molecule has 0 saturated carbocycles. The first-order valence-electron chi connectivity index (χ1n) is 10.1. The molecule has 2 heterocycles. The van der Waals surface area contributed by atoms with Gasteiger partial charge in [0.05, 0.1) is 18.3 Å². The molecule has 0 spiro atoms. The molecule has 1 fully saturated rings. The number of rotatable bonds is 5. The van der Waals surface area contributed by atoms with Crippen LogP contribution in [0.5, 0.6) is 0 Å². The van der Waals surface area contributed by atoms with Crippen molar-refractivity contribution in [1.29, 1.82) is 0 Å². The summed E-state index contributed by atoms with van der Waals surface area (Å²) in [5, 5.41) is 0. The average molecular weight is 378 g/mol. The maximum absolute atomic E-state index is 12.4. The molecule has 2 aromatic carbocycles. The summed E-state index contributed by atoms with van der Waals surface area (Å²) >= 11 is 0. The molecule has 1 atom stereocenters. The van der Waals surface area contributed by atoms with Crippen LogP contribution in [0.3, 0.4) is 0 Å². The van der Waals surface area contributed by atoms with Crippen LogP contribution in [0.25, 0.3) is 0 Å². The third kappa shape index (κ3) is 3.67. The molecule has 146 valence electrons. The molecule has 1 unspecified atom stereocenters. The quantitative estimate of drug-likeness (QED) is 0.812. The van der Waals surface area contributed by atoms with Gasteiger partial charge in [-0.1, -0.05) is 23.8 Å². The summed E-state index contributed by atoms with van der Waals surface area (Å²) in [6, 6.07) is 14.4. The predicted octanol–water partition coefficient (Wildman–Crippen LogP) is 2.19. The number of nitrogens with zero attached hydrogens (tertiary/aromatic N) is 2. The number of ketones is 1. The second kappa shape index (κ2) is 7.76. The third-order valence-electron chi connectivity index (χ3n) is 5.72. The monoisotopic (exact) mass is 378 g/mol. The molecule has 4 rings (SSSR count). The number of Topliss-reactive ketones (excluding diaryl/α,β-unsaturated/α-hetero) is 1. The number of quaternary nitrogens is 1. The molecule has 0 aromatic heterocycles. The molecular formula is C23H28N3O2+. The molecule has 5 heteroatoms. The molecule has 2 aromatic rings. The zero-order valence-corrected chi connectivity index (χ0v) is 16.7. The lowest BCUT2D eigenvalue weighted by Gasteiger charge is -2.29. The number of anilines is 2. The van der Waals surface area contributed by atoms with E-state index in [1.54, 1.807) is 4.90 Å². The van der Waals surface area contributed by atoms with Crippen LogP contribution in [0.1, 0.15) is 40.7 Å². The van der Waals surface area contributed by atoms with E-state index in [2.05, 4.69) is 36.2 Å². The highest BCUT2D eigenvalue weighted by molar-refractivity contribution is 6.52. The number of carbonyl (C=O) groups excluding carboxylic acids is 2. The standard InChI is InChI=1S/C23H27N3O2/c1-17-6-11-21-20(14-17)22(27)23(28)26(21)16-24(2)15-18-7-9-19(10-8-18)25-12-4-3-5-13-25/h6-11,14H,3-5,12-13,15-16H2,1-2H3/p+1. The lowest BCUT2D eigenvalue weighted by molar-refractivity contribution is -0.892. The largest absolute Gasteiger partial charge is 0.372 e. The summed E-state index contributed by atoms with van der Waals surface area (Å²) in [5.41, 5.74) is 4.80. The van der Waals surface area contributed by atoms with Gasteiger partial charge in [0.1, 0.15) is 6.54 Å². The van der Waals surface area contributed by atoms with E-state index in [1.165, 1.54) is 35.4 Å². The molecule has 1 N–H and O–H groups in total. The normalized spacial score (nSPS) is 17.8. The highest BCUT2D eigenvalue weighted by Gasteiger charge is 2.37. The number of carbonyl (C=O) groups is 2. The SMILES string of the molecule is Cc1ccc2c(c1)C(=O)C(=O)N2C[NH+](C)Cc1ccc(N2CCCCC2)cc1. The van der Waals surface area contributed by atoms with E-state index in [9.17, 15) is 9.59 Å². The molecule has 1 amide bonds. The molecule has 5 nitrogen and oxygen atoms in total. The molecule has 0 radical (unpaired) electrons. The summed E-state index contributed by atoms with van der Waals surface area (Å²) in [6.45, 7) is 5.52. The highest BCUT2D eigenvalue weighted by atomic mass is 16.2. The number of piperidine rings is 1. The lowest BCUT2D eigenvalue weighted by Crippen LogP contribution is -3.09. The van der Waals surface area contributed by atoms with Gasteiger partial charge in [-0.3, -0.25) is 14.5 Å². The Bertz CT molecular complexity index is 885. The van der Waals surface area contributed by atoms with E-state index in [1.807, 2.05) is 25.1 Å². The van der Waals surface area contributed by atoms with Crippen LogP contribution in [0.2, 0.25) is 0 Å². The minimum Gasteiger partial charge on any atom is -0.372 e. The summed E-state index contributed by atoms with van der Waals surface area (Å²) in [5.74, 6) is -0.808. The fraction of sp³-hybridized carbons (Fsp3) is 0.391. The van der Waals surface area contributed by atoms with E-state index in [0.717, 1.165) is 30.9 Å². The highest BCUT2D eigenvalue weighted by Crippen LogP contribution is 2.28. The van der Waals surface area contributed by atoms with Crippen LogP contribution in [0.4, 0.5) is 11.4 Å². The minimum atomic E-state index is -0.416. The van der Waals surface area contributed by atoms with Gasteiger partial charge in [-0.25, -0.2) is 0 Å². The molecule has 2 aliphatic heterocycles. The van der Waals surface area contributed by atoms with Crippen LogP contribution in [0, 0.1) is 6.92 Å². The molecular weight excluding hydrogens is 350 g/mol. The molecule has 2 aliphatic rings. The van der Waals surface area contributed by atoms with Crippen LogP contribution in [-0.2, 0) is 11.3 Å². The number of fused-ring (bicyclic) bond motifs is 1. The van der Waals surface area contributed by atoms with Gasteiger partial charge in [0.15, 0.2) is 6.67 Å². The smallest absolute Gasteiger partial charge is 0.303 e. The number of benzene rings is 2. The van der Waals surface area contributed by atoms with Crippen molar-refractivity contribution in [2.45, 2.75) is 32.7 Å². The molecule has 0 bridgehead atoms. The number of aryl methyl sites for hydroxylation is 1. The number of hydrogen-bond donors (Lipinski definition) is 1. The van der Waals surface area contributed by atoms with Gasteiger partial charge in [0, 0.05) is 24.3 Å². The number of hydrogen-bond acceptors (Lipinski definition) is 3. The Hall–Kier alpha value is -2.66. The Balaban J connectivity index is 1.41. The van der Waals surface area contributed by atoms with E-state index in [4.69, 9.17) is 0 Å². The van der Waals surface area contributed by atoms with Crippen molar-refractivity contribution < 1.29 is 14.5 Å². The van der Waals surface area contributed by atoms with Crippen molar-refractivity contribution in [1.82, 2.24) is 0 Å². The Morgan fingerprint density at radius 1 is 0.964 bits per heavy atom. The number of nitrogens with one attached hydrogen (secondary N) is 1. The van der Waals surface area contributed by atoms with E-state index in [-0.39, 0.29) is 0 Å². The summed E-state index contributed by atoms with van der Waals surface area (Å²) in [7, 11) is 2.06. The Morgan fingerprint density at radius 3 is 2.39 bits per heavy atom. The van der Waals surface area contributed by atoms with Gasteiger partial charge >= 0.3 is 5.91 Å². The average Bonchev–Trinajstić information content (AvgIpc) is 2.93. The topological polar surface area (TPSA) is 45.1 Å². The van der Waals surface area contributed by atoms with Crippen molar-refractivity contribution >= 4 is 23.1 Å². The van der Waals surface area contributed by atoms with Crippen LogP contribution in [0.15, 0.2) is 42.5 Å². The third-order valence-corrected chi connectivity index (χ3v) is 5.72. The Kier molecular flexibility index (Phi) is 5.18. The predicted molar refractivity (Wildman–Crippen MR) is 111 cm³/mol. The van der Waals surface area contributed by atoms with Gasteiger partial charge in [-0.05, 0) is 50.5 Å². The number of amides is 1. The lowest BCUT2D eigenvalue weighted by atomic mass is 10.1. The zero-order chi connectivity index (χ0) is 19.7. The van der Waals surface area contributed by atoms with Crippen molar-refractivity contribution in [2.24, 2.45) is 0 Å². The van der Waals surface area contributed by atoms with Crippen LogP contribution >= 0.6 is 0 Å². The van der Waals surface area contributed by atoms with Crippen molar-refractivity contribution in [2.75, 3.05) is 36.6 Å². The van der Waals surface area contributed by atoms with Gasteiger partial charge in [0.2, 0.25) is 0 Å². The Morgan fingerprint density at radius 2 is 1.68 bits per heavy atom. The zero-order valence-electron chi connectivity index (χ0n) is 16.7. The first-order valence-corrected chi connectivity index (χ1v) is 10.1. The summed E-state index contributed by atoms with van der Waals surface area (Å²) in [6.07, 6.45) is 3.89. The van der Waals surface area contributed by atoms with Gasteiger partial charge in [-0.15, -0.1) is 0 Å². The maximum Gasteiger partial charge on any atom is 0.303 e. The van der Waals surface area contributed by atoms with Gasteiger partial charge < -0.3 is 9.80 Å². The molecule has 28 heavy (non-hydrogen) atoms. The molecule has 1 saturated heterocycles. The van der Waals surface area contributed by atoms with Crippen LogP contribution < -0.4 is 14.7 Å². The summed E-state index contributed by atoms with van der Waals surface area (Å²) < 4.78 is 0. The maximum atomic E-state index is 12.4.